The molecule has 1 unspecified atom stereocenters. The topological polar surface area (TPSA) is 29.5 Å². The maximum absolute atomic E-state index is 12.0. The van der Waals surface area contributed by atoms with Crippen LogP contribution in [-0.2, 0) is 16.2 Å². The van der Waals surface area contributed by atoms with Crippen LogP contribution in [0.1, 0.15) is 17.0 Å². The first-order valence-corrected chi connectivity index (χ1v) is 6.38. The maximum Gasteiger partial charge on any atom is 0.255 e. The monoisotopic (exact) mass is 253 g/mol. The second kappa shape index (κ2) is 5.24. The average molecular weight is 253 g/mol. The first kappa shape index (κ1) is 11.9. The van der Waals surface area contributed by atoms with Crippen molar-refractivity contribution in [3.63, 3.8) is 0 Å². The molecule has 0 aliphatic carbocycles. The molecule has 2 aromatic rings. The Kier molecular flexibility index (Phi) is 3.29. The zero-order chi connectivity index (χ0) is 13.1. The summed E-state index contributed by atoms with van der Waals surface area (Å²) in [5.41, 5.74) is 2.13. The van der Waals surface area contributed by atoms with Gasteiger partial charge in [0, 0.05) is 0 Å². The van der Waals surface area contributed by atoms with Crippen molar-refractivity contribution in [1.82, 2.24) is 5.06 Å². The van der Waals surface area contributed by atoms with Gasteiger partial charge in [0.2, 0.25) is 0 Å². The van der Waals surface area contributed by atoms with E-state index >= 15 is 0 Å². The Bertz CT molecular complexity index is 551. The minimum atomic E-state index is -0.0445. The van der Waals surface area contributed by atoms with Crippen LogP contribution >= 0.6 is 0 Å². The fourth-order valence-electron chi connectivity index (χ4n) is 2.17. The average Bonchev–Trinajstić information content (AvgIpc) is 2.48. The van der Waals surface area contributed by atoms with Gasteiger partial charge in [-0.2, -0.15) is 0 Å². The molecule has 0 radical (unpaired) electrons. The van der Waals surface area contributed by atoms with Crippen molar-refractivity contribution in [2.24, 2.45) is 0 Å². The Morgan fingerprint density at radius 3 is 2.26 bits per heavy atom. The fraction of sp³-hybridized carbons (Fsp3) is 0.188. The number of carbonyl (C=O) groups excluding carboxylic acids is 1. The van der Waals surface area contributed by atoms with Crippen LogP contribution in [0, 0.1) is 0 Å². The highest BCUT2D eigenvalue weighted by molar-refractivity contribution is 5.88. The van der Waals surface area contributed by atoms with E-state index in [9.17, 15) is 4.79 Å². The molecule has 1 heterocycles. The van der Waals surface area contributed by atoms with Gasteiger partial charge in [-0.1, -0.05) is 60.7 Å². The second-order valence-electron chi connectivity index (χ2n) is 4.62. The molecule has 19 heavy (non-hydrogen) atoms. The molecule has 2 aromatic carbocycles. The number of amides is 1. The van der Waals surface area contributed by atoms with Crippen molar-refractivity contribution in [3.05, 3.63) is 71.8 Å². The highest BCUT2D eigenvalue weighted by Crippen LogP contribution is 2.28. The largest absolute Gasteiger partial charge is 0.272 e. The predicted molar refractivity (Wildman–Crippen MR) is 72.1 cm³/mol. The fourth-order valence-corrected chi connectivity index (χ4v) is 2.17. The lowest BCUT2D eigenvalue weighted by Gasteiger charge is -2.37. The number of hydroxylamine groups is 2. The third-order valence-corrected chi connectivity index (χ3v) is 3.32. The summed E-state index contributed by atoms with van der Waals surface area (Å²) in [5.74, 6) is -0.000829. The molecule has 0 bridgehead atoms. The van der Waals surface area contributed by atoms with E-state index in [1.807, 2.05) is 60.7 Å². The molecule has 0 aromatic heterocycles. The molecule has 96 valence electrons. The van der Waals surface area contributed by atoms with Gasteiger partial charge in [0.1, 0.15) is 6.61 Å². The van der Waals surface area contributed by atoms with Crippen LogP contribution in [-0.4, -0.2) is 17.5 Å². The molecule has 3 rings (SSSR count). The van der Waals surface area contributed by atoms with E-state index in [2.05, 4.69) is 0 Å². The highest BCUT2D eigenvalue weighted by Gasteiger charge is 2.38. The zero-order valence-corrected chi connectivity index (χ0v) is 10.5. The van der Waals surface area contributed by atoms with Crippen LogP contribution in [0.3, 0.4) is 0 Å². The molecule has 1 aliphatic heterocycles. The highest BCUT2D eigenvalue weighted by atomic mass is 16.7. The minimum absolute atomic E-state index is 0.0436. The Balaban J connectivity index is 1.55. The Hall–Kier alpha value is -2.13. The van der Waals surface area contributed by atoms with Crippen LogP contribution in [0.15, 0.2) is 60.7 Å². The lowest BCUT2D eigenvalue weighted by molar-refractivity contribution is -0.217. The molecule has 1 atom stereocenters. The Morgan fingerprint density at radius 1 is 1.00 bits per heavy atom. The Labute approximate surface area is 112 Å². The van der Waals surface area contributed by atoms with Crippen molar-refractivity contribution in [3.8, 4) is 0 Å². The molecule has 3 nitrogen and oxygen atoms in total. The van der Waals surface area contributed by atoms with E-state index in [-0.39, 0.29) is 11.8 Å². The number of rotatable bonds is 4. The maximum atomic E-state index is 12.0. The summed E-state index contributed by atoms with van der Waals surface area (Å²) >= 11 is 0. The van der Waals surface area contributed by atoms with Gasteiger partial charge in [-0.05, 0) is 11.1 Å². The van der Waals surface area contributed by atoms with Gasteiger partial charge in [-0.25, -0.2) is 5.06 Å². The van der Waals surface area contributed by atoms with Crippen LogP contribution in [0.4, 0.5) is 0 Å². The SMILES string of the molecule is O=C1C(c2ccccc2)CN1OCc1ccccc1. The standard InChI is InChI=1S/C16H15NO2/c18-16-15(14-9-5-2-6-10-14)11-17(16)19-12-13-7-3-1-4-8-13/h1-10,15H,11-12H2. The third kappa shape index (κ3) is 2.51. The lowest BCUT2D eigenvalue weighted by atomic mass is 9.92. The zero-order valence-electron chi connectivity index (χ0n) is 10.5. The number of benzene rings is 2. The van der Waals surface area contributed by atoms with Crippen molar-refractivity contribution in [2.75, 3.05) is 6.54 Å². The van der Waals surface area contributed by atoms with Crippen molar-refractivity contribution >= 4 is 5.91 Å². The quantitative estimate of drug-likeness (QED) is 0.784. The van der Waals surface area contributed by atoms with E-state index in [0.717, 1.165) is 11.1 Å². The molecule has 1 aliphatic rings. The summed E-state index contributed by atoms with van der Waals surface area (Å²) in [5, 5.41) is 1.45. The smallest absolute Gasteiger partial charge is 0.255 e. The number of β-lactam (4-membered cyclic amide) rings is 1. The number of nitrogens with zero attached hydrogens (tertiary/aromatic N) is 1. The summed E-state index contributed by atoms with van der Waals surface area (Å²) in [6.45, 7) is 1.07. The summed E-state index contributed by atoms with van der Waals surface area (Å²) in [6, 6.07) is 19.7. The van der Waals surface area contributed by atoms with Gasteiger partial charge in [0.05, 0.1) is 12.5 Å². The van der Waals surface area contributed by atoms with Gasteiger partial charge in [-0.15, -0.1) is 0 Å². The molecule has 0 saturated carbocycles. The second-order valence-corrected chi connectivity index (χ2v) is 4.62. The first-order valence-electron chi connectivity index (χ1n) is 6.38. The summed E-state index contributed by atoms with van der Waals surface area (Å²) in [6.07, 6.45) is 0. The van der Waals surface area contributed by atoms with Gasteiger partial charge < -0.3 is 0 Å². The van der Waals surface area contributed by atoms with Crippen LogP contribution < -0.4 is 0 Å². The minimum Gasteiger partial charge on any atom is -0.272 e. The molecular formula is C16H15NO2. The predicted octanol–water partition coefficient (Wildman–Crippen LogP) is 2.74. The molecule has 0 spiro atoms. The molecule has 1 amide bonds. The third-order valence-electron chi connectivity index (χ3n) is 3.32. The van der Waals surface area contributed by atoms with Gasteiger partial charge >= 0.3 is 0 Å². The summed E-state index contributed by atoms with van der Waals surface area (Å²) in [7, 11) is 0. The molecule has 0 N–H and O–H groups in total. The first-order chi connectivity index (χ1) is 9.34. The Morgan fingerprint density at radius 2 is 1.63 bits per heavy atom. The van der Waals surface area contributed by atoms with E-state index in [0.29, 0.717) is 13.2 Å². The van der Waals surface area contributed by atoms with Crippen LogP contribution in [0.2, 0.25) is 0 Å². The van der Waals surface area contributed by atoms with E-state index in [1.54, 1.807) is 0 Å². The molecule has 1 fully saturated rings. The lowest BCUT2D eigenvalue weighted by Crippen LogP contribution is -2.50. The summed E-state index contributed by atoms with van der Waals surface area (Å²) < 4.78 is 0. The number of hydrogen-bond acceptors (Lipinski definition) is 2. The van der Waals surface area contributed by atoms with Crippen molar-refractivity contribution < 1.29 is 9.63 Å². The van der Waals surface area contributed by atoms with Gasteiger partial charge in [0.25, 0.3) is 5.91 Å². The van der Waals surface area contributed by atoms with E-state index < -0.39 is 0 Å². The molecular weight excluding hydrogens is 238 g/mol. The van der Waals surface area contributed by atoms with E-state index in [1.165, 1.54) is 5.06 Å². The van der Waals surface area contributed by atoms with Gasteiger partial charge in [0.15, 0.2) is 0 Å². The molecule has 1 saturated heterocycles. The van der Waals surface area contributed by atoms with Crippen molar-refractivity contribution in [1.29, 1.82) is 0 Å². The number of hydrogen-bond donors (Lipinski definition) is 0. The van der Waals surface area contributed by atoms with E-state index in [4.69, 9.17) is 4.84 Å². The summed E-state index contributed by atoms with van der Waals surface area (Å²) in [4.78, 5) is 17.5. The molecule has 3 heteroatoms. The van der Waals surface area contributed by atoms with Crippen molar-refractivity contribution in [2.45, 2.75) is 12.5 Å². The van der Waals surface area contributed by atoms with Crippen LogP contribution in [0.25, 0.3) is 0 Å². The van der Waals surface area contributed by atoms with Gasteiger partial charge in [-0.3, -0.25) is 9.63 Å². The van der Waals surface area contributed by atoms with Crippen LogP contribution in [0.5, 0.6) is 0 Å². The number of carbonyl (C=O) groups is 1. The normalized spacial score (nSPS) is 18.2.